The molecule has 0 aromatic heterocycles. The molecule has 236 valence electrons. The fourth-order valence-electron chi connectivity index (χ4n) is 5.22. The van der Waals surface area contributed by atoms with E-state index in [1.165, 1.54) is 0 Å². The molecule has 0 bridgehead atoms. The number of ether oxygens (including phenoxy) is 4. The van der Waals surface area contributed by atoms with E-state index in [4.69, 9.17) is 42.6 Å². The number of carbonyl (C=O) groups is 1. The molecule has 3 fully saturated rings. The van der Waals surface area contributed by atoms with Gasteiger partial charge in [-0.15, -0.1) is 12.3 Å². The van der Waals surface area contributed by atoms with Crippen LogP contribution in [-0.2, 0) is 23.7 Å². The van der Waals surface area contributed by atoms with Crippen molar-refractivity contribution in [2.24, 2.45) is 23.1 Å². The molecule has 15 atom stereocenters. The average Bonchev–Trinajstić information content (AvgIpc) is 3.03. The van der Waals surface area contributed by atoms with Crippen molar-refractivity contribution in [2.45, 2.75) is 111 Å². The maximum Gasteiger partial charge on any atom is 0.220 e. The monoisotopic (exact) mass is 592 g/mol. The van der Waals surface area contributed by atoms with Gasteiger partial charge in [-0.3, -0.25) is 4.79 Å². The van der Waals surface area contributed by atoms with Crippen molar-refractivity contribution in [3.8, 4) is 12.3 Å². The molecule has 2 aliphatic heterocycles. The van der Waals surface area contributed by atoms with Crippen molar-refractivity contribution in [2.75, 3.05) is 19.8 Å². The summed E-state index contributed by atoms with van der Waals surface area (Å²) in [4.78, 5) is 12.0. The number of hydrogen-bond donors (Lipinski definition) is 11. The number of nitrogens with one attached hydrogen (secondary N) is 1. The average molecular weight is 593 g/mol. The van der Waals surface area contributed by atoms with E-state index < -0.39 is 98.2 Å². The predicted octanol–water partition coefficient (Wildman–Crippen LogP) is -6.08. The smallest absolute Gasteiger partial charge is 0.220 e. The lowest BCUT2D eigenvalue weighted by molar-refractivity contribution is -0.313. The van der Waals surface area contributed by atoms with E-state index in [0.717, 1.165) is 0 Å². The molecule has 0 radical (unpaired) electrons. The number of unbranched alkanes of at least 4 members (excludes halogenated alkanes) is 1. The second-order valence-corrected chi connectivity index (χ2v) is 10.8. The minimum absolute atomic E-state index is 0.0512. The molecule has 3 aliphatic rings. The van der Waals surface area contributed by atoms with Crippen LogP contribution in [0.2, 0.25) is 0 Å². The second-order valence-electron chi connectivity index (χ2n) is 10.8. The molecule has 16 heteroatoms. The minimum atomic E-state index is -1.76. The van der Waals surface area contributed by atoms with Crippen LogP contribution in [0.5, 0.6) is 0 Å². The van der Waals surface area contributed by atoms with Gasteiger partial charge >= 0.3 is 0 Å². The quantitative estimate of drug-likeness (QED) is 0.0831. The van der Waals surface area contributed by atoms with Crippen LogP contribution < -0.4 is 22.5 Å². The Bertz CT molecular complexity index is 880. The lowest BCUT2D eigenvalue weighted by Crippen LogP contribution is -2.67. The first-order valence-electron chi connectivity index (χ1n) is 13.6. The minimum Gasteiger partial charge on any atom is -0.394 e. The Kier molecular flexibility index (Phi) is 12.7. The zero-order valence-electron chi connectivity index (χ0n) is 22.6. The van der Waals surface area contributed by atoms with Crippen molar-refractivity contribution in [1.29, 1.82) is 0 Å². The molecule has 9 unspecified atom stereocenters. The van der Waals surface area contributed by atoms with Gasteiger partial charge in [-0.25, -0.2) is 0 Å². The molecule has 1 saturated carbocycles. The third-order valence-corrected chi connectivity index (χ3v) is 7.80. The molecule has 3 rings (SSSR count). The van der Waals surface area contributed by atoms with Crippen LogP contribution >= 0.6 is 0 Å². The number of hydrogen-bond acceptors (Lipinski definition) is 15. The summed E-state index contributed by atoms with van der Waals surface area (Å²) in [5, 5.41) is 75.6. The van der Waals surface area contributed by atoms with Gasteiger partial charge in [-0.2, -0.15) is 0 Å². The van der Waals surface area contributed by atoms with Crippen LogP contribution in [0, 0.1) is 18.3 Å². The number of carbonyl (C=O) groups excluding carboxylic acids is 1. The summed E-state index contributed by atoms with van der Waals surface area (Å²) in [6.07, 6.45) is -9.75. The van der Waals surface area contributed by atoms with E-state index in [-0.39, 0.29) is 31.9 Å². The van der Waals surface area contributed by atoms with Crippen LogP contribution in [0.25, 0.3) is 0 Å². The SMILES string of the molecule is C#CCCCC(=O)NCC1CO[C@H](O[C@@H]2C(N)C[C@@H](N)C(O[C@@H]3OC(CO)[C@H](O)C(N)C3O)C2O)C(O)C(O)[C@@H]1O. The van der Waals surface area contributed by atoms with Gasteiger partial charge in [0.05, 0.1) is 25.4 Å². The largest absolute Gasteiger partial charge is 0.394 e. The maximum atomic E-state index is 12.0. The molecule has 14 N–H and O–H groups in total. The fraction of sp³-hybridized carbons (Fsp3) is 0.880. The number of rotatable bonds is 10. The summed E-state index contributed by atoms with van der Waals surface area (Å²) in [5.74, 6) is 1.33. The predicted molar refractivity (Wildman–Crippen MR) is 139 cm³/mol. The highest BCUT2D eigenvalue weighted by Gasteiger charge is 2.50. The summed E-state index contributed by atoms with van der Waals surface area (Å²) >= 11 is 0. The fourth-order valence-corrected chi connectivity index (χ4v) is 5.22. The Morgan fingerprint density at radius 2 is 1.54 bits per heavy atom. The van der Waals surface area contributed by atoms with E-state index in [9.17, 15) is 40.5 Å². The molecule has 0 aromatic carbocycles. The summed E-state index contributed by atoms with van der Waals surface area (Å²) in [6.45, 7) is -0.899. The Balaban J connectivity index is 1.65. The summed E-state index contributed by atoms with van der Waals surface area (Å²) in [5.41, 5.74) is 18.2. The van der Waals surface area contributed by atoms with Gasteiger partial charge in [-0.1, -0.05) is 0 Å². The lowest BCUT2D eigenvalue weighted by Gasteiger charge is -2.47. The Morgan fingerprint density at radius 3 is 2.15 bits per heavy atom. The topological polar surface area (TPSA) is 286 Å². The molecular weight excluding hydrogens is 548 g/mol. The molecule has 2 heterocycles. The van der Waals surface area contributed by atoms with Gasteiger partial charge in [0.25, 0.3) is 0 Å². The molecular formula is C25H44N4O12. The summed E-state index contributed by atoms with van der Waals surface area (Å²) < 4.78 is 22.6. The van der Waals surface area contributed by atoms with Crippen LogP contribution in [-0.4, -0.2) is 147 Å². The lowest BCUT2D eigenvalue weighted by atomic mass is 9.84. The number of nitrogens with two attached hydrogens (primary N) is 3. The van der Waals surface area contributed by atoms with Gasteiger partial charge in [0, 0.05) is 37.4 Å². The van der Waals surface area contributed by atoms with Gasteiger partial charge in [0.1, 0.15) is 48.8 Å². The molecule has 1 aliphatic carbocycles. The third kappa shape index (κ3) is 8.10. The summed E-state index contributed by atoms with van der Waals surface area (Å²) in [7, 11) is 0. The standard InChI is InChI=1S/C25H44N4O12/c1-2-3-4-5-14(31)29-7-10-9-38-24(20(36)19(35)16(10)32)40-22-11(26)6-12(27)23(21(22)37)41-25-18(34)15(28)17(33)13(8-30)39-25/h1,10-13,15-25,30,32-37H,3-9,26-28H2,(H,29,31)/t10?,11?,12-,13?,15?,16-,17+,18?,19?,20?,21?,22-,23?,24-,25+/m1/s1. The number of aliphatic hydroxyl groups is 7. The highest BCUT2D eigenvalue weighted by molar-refractivity contribution is 5.75. The Morgan fingerprint density at radius 1 is 0.902 bits per heavy atom. The van der Waals surface area contributed by atoms with Crippen molar-refractivity contribution >= 4 is 5.91 Å². The third-order valence-electron chi connectivity index (χ3n) is 7.80. The van der Waals surface area contributed by atoms with E-state index in [1.54, 1.807) is 0 Å². The van der Waals surface area contributed by atoms with Gasteiger partial charge in [0.2, 0.25) is 5.91 Å². The maximum absolute atomic E-state index is 12.0. The van der Waals surface area contributed by atoms with Crippen molar-refractivity contribution < 1.29 is 59.5 Å². The molecule has 16 nitrogen and oxygen atoms in total. The van der Waals surface area contributed by atoms with Crippen molar-refractivity contribution in [3.05, 3.63) is 0 Å². The number of aliphatic hydroxyl groups excluding tert-OH is 7. The number of amides is 1. The highest BCUT2D eigenvalue weighted by atomic mass is 16.7. The van der Waals surface area contributed by atoms with Gasteiger partial charge < -0.3 is 77.2 Å². The zero-order valence-corrected chi connectivity index (χ0v) is 22.6. The second kappa shape index (κ2) is 15.3. The number of terminal acetylenes is 1. The van der Waals surface area contributed by atoms with E-state index in [0.29, 0.717) is 12.8 Å². The van der Waals surface area contributed by atoms with Crippen LogP contribution in [0.15, 0.2) is 0 Å². The van der Waals surface area contributed by atoms with Crippen molar-refractivity contribution in [3.63, 3.8) is 0 Å². The first kappa shape index (κ1) is 34.0. The normalized spacial score (nSPS) is 45.4. The highest BCUT2D eigenvalue weighted by Crippen LogP contribution is 2.31. The Labute approximate surface area is 237 Å². The molecule has 0 aromatic rings. The van der Waals surface area contributed by atoms with Gasteiger partial charge in [0.15, 0.2) is 12.6 Å². The Hall–Kier alpha value is -1.53. The first-order valence-corrected chi connectivity index (χ1v) is 13.6. The van der Waals surface area contributed by atoms with Crippen LogP contribution in [0.4, 0.5) is 0 Å². The molecule has 2 saturated heterocycles. The van der Waals surface area contributed by atoms with E-state index in [1.807, 2.05) is 0 Å². The molecule has 1 amide bonds. The van der Waals surface area contributed by atoms with Crippen LogP contribution in [0.3, 0.4) is 0 Å². The van der Waals surface area contributed by atoms with Gasteiger partial charge in [-0.05, 0) is 12.8 Å². The zero-order chi connectivity index (χ0) is 30.4. The molecule has 0 spiro atoms. The molecule has 41 heavy (non-hydrogen) atoms. The van der Waals surface area contributed by atoms with Crippen molar-refractivity contribution in [1.82, 2.24) is 5.32 Å². The first-order chi connectivity index (χ1) is 19.4. The van der Waals surface area contributed by atoms with E-state index >= 15 is 0 Å². The van der Waals surface area contributed by atoms with E-state index in [2.05, 4.69) is 11.2 Å². The van der Waals surface area contributed by atoms with Crippen LogP contribution in [0.1, 0.15) is 25.7 Å². The summed E-state index contributed by atoms with van der Waals surface area (Å²) in [6, 6.07) is -2.97.